The summed E-state index contributed by atoms with van der Waals surface area (Å²) in [4.78, 5) is 21.2. The molecule has 1 atom stereocenters. The maximum atomic E-state index is 13.4. The van der Waals surface area contributed by atoms with Gasteiger partial charge >= 0.3 is 0 Å². The Morgan fingerprint density at radius 2 is 2.00 bits per heavy atom. The number of anilines is 1. The van der Waals surface area contributed by atoms with Gasteiger partial charge in [0.1, 0.15) is 10.4 Å². The number of pyridine rings is 1. The lowest BCUT2D eigenvalue weighted by atomic mass is 10.0. The Kier molecular flexibility index (Phi) is 5.94. The predicted molar refractivity (Wildman–Crippen MR) is 138 cm³/mol. The van der Waals surface area contributed by atoms with Crippen molar-refractivity contribution in [2.75, 3.05) is 24.5 Å². The highest BCUT2D eigenvalue weighted by atomic mass is 32.2. The molecule has 2 saturated carbocycles. The van der Waals surface area contributed by atoms with Crippen molar-refractivity contribution < 1.29 is 22.0 Å². The van der Waals surface area contributed by atoms with Crippen LogP contribution in [0.4, 0.5) is 14.5 Å². The van der Waals surface area contributed by atoms with Gasteiger partial charge < -0.3 is 9.80 Å². The Morgan fingerprint density at radius 1 is 1.26 bits per heavy atom. The molecule has 0 bridgehead atoms. The van der Waals surface area contributed by atoms with Crippen molar-refractivity contribution in [2.45, 2.75) is 62.4 Å². The molecule has 4 heterocycles. The summed E-state index contributed by atoms with van der Waals surface area (Å²) >= 11 is 0.683. The lowest BCUT2D eigenvalue weighted by Gasteiger charge is -2.42. The van der Waals surface area contributed by atoms with Crippen molar-refractivity contribution in [2.24, 2.45) is 5.41 Å². The third kappa shape index (κ3) is 4.53. The van der Waals surface area contributed by atoms with E-state index in [-0.39, 0.29) is 33.1 Å². The fourth-order valence-electron chi connectivity index (χ4n) is 4.93. The van der Waals surface area contributed by atoms with E-state index in [1.165, 1.54) is 16.7 Å². The van der Waals surface area contributed by atoms with Crippen LogP contribution in [0, 0.1) is 16.7 Å². The summed E-state index contributed by atoms with van der Waals surface area (Å²) in [5, 5.41) is 16.5. The fraction of sp³-hybridized carbons (Fsp3) is 0.542. The number of fused-ring (bicyclic) bond motifs is 1. The minimum atomic E-state index is -4.12. The molecule has 0 unspecified atom stereocenters. The molecule has 1 amide bonds. The number of aromatic nitrogens is 4. The molecule has 1 aliphatic heterocycles. The summed E-state index contributed by atoms with van der Waals surface area (Å²) in [5.41, 5.74) is -0.299. The highest BCUT2D eigenvalue weighted by Crippen LogP contribution is 2.47. The zero-order valence-corrected chi connectivity index (χ0v) is 22.9. The van der Waals surface area contributed by atoms with Crippen LogP contribution in [0.1, 0.15) is 51.0 Å². The zero-order chi connectivity index (χ0) is 27.7. The Hall–Kier alpha value is -3.22. The second-order valence-electron chi connectivity index (χ2n) is 10.8. The summed E-state index contributed by atoms with van der Waals surface area (Å²) in [6, 6.07) is 3.45. The molecule has 3 aromatic heterocycles. The largest absolute Gasteiger partial charge is 0.366 e. The van der Waals surface area contributed by atoms with Crippen molar-refractivity contribution in [3.8, 4) is 16.9 Å². The van der Waals surface area contributed by atoms with E-state index >= 15 is 0 Å². The molecular formula is C24H26F2N8O3S2. The van der Waals surface area contributed by atoms with Crippen molar-refractivity contribution in [3.63, 3.8) is 0 Å². The number of halogens is 2. The molecule has 0 spiro atoms. The van der Waals surface area contributed by atoms with Crippen LogP contribution >= 0.6 is 11.3 Å². The molecule has 3 aliphatic rings. The number of amides is 1. The summed E-state index contributed by atoms with van der Waals surface area (Å²) in [7, 11) is -4.12. The minimum absolute atomic E-state index is 0.0963. The highest BCUT2D eigenvalue weighted by molar-refractivity contribution is 7.89. The third-order valence-corrected chi connectivity index (χ3v) is 10.2. The maximum absolute atomic E-state index is 13.4. The number of sulfonamides is 1. The second kappa shape index (κ2) is 8.90. The van der Waals surface area contributed by atoms with Gasteiger partial charge in [-0.25, -0.2) is 22.2 Å². The quantitative estimate of drug-likeness (QED) is 0.453. The number of hydrogen-bond acceptors (Lipinski definition) is 9. The first kappa shape index (κ1) is 26.0. The first-order chi connectivity index (χ1) is 18.5. The smallest absolute Gasteiger partial charge is 0.291 e. The summed E-state index contributed by atoms with van der Waals surface area (Å²) < 4.78 is 57.3. The second-order valence-corrected chi connectivity index (χ2v) is 13.5. The van der Waals surface area contributed by atoms with Crippen LogP contribution in [0.15, 0.2) is 23.4 Å². The van der Waals surface area contributed by atoms with Crippen LogP contribution in [-0.2, 0) is 14.8 Å². The van der Waals surface area contributed by atoms with E-state index < -0.39 is 27.0 Å². The lowest BCUT2D eigenvalue weighted by Crippen LogP contribution is -2.55. The molecule has 3 fully saturated rings. The molecule has 0 radical (unpaired) electrons. The first-order valence-electron chi connectivity index (χ1n) is 12.6. The van der Waals surface area contributed by atoms with E-state index in [9.17, 15) is 27.3 Å². The van der Waals surface area contributed by atoms with Crippen LogP contribution in [0.3, 0.4) is 0 Å². The van der Waals surface area contributed by atoms with Crippen molar-refractivity contribution in [1.29, 1.82) is 5.26 Å². The van der Waals surface area contributed by atoms with Gasteiger partial charge in [-0.1, -0.05) is 18.3 Å². The van der Waals surface area contributed by atoms with Gasteiger partial charge in [0.2, 0.25) is 15.9 Å². The number of rotatable bonds is 7. The first-order valence-corrected chi connectivity index (χ1v) is 14.9. The van der Waals surface area contributed by atoms with E-state index in [1.54, 1.807) is 6.20 Å². The Labute approximate surface area is 227 Å². The number of nitriles is 1. The fourth-order valence-corrected chi connectivity index (χ4v) is 7.02. The molecule has 1 N–H and O–H groups in total. The molecule has 39 heavy (non-hydrogen) atoms. The van der Waals surface area contributed by atoms with Crippen molar-refractivity contribution >= 4 is 38.5 Å². The highest BCUT2D eigenvalue weighted by Gasteiger charge is 2.49. The van der Waals surface area contributed by atoms with Gasteiger partial charge in [0.05, 0.1) is 23.5 Å². The standard InChI is InChI=1S/C24H26F2N8O3S2/c1-14-11-32(7-8-33(14)22(35)23(2)3-4-23)16-9-15(39(36,37)31-24(13-27)5-6-24)12-34-17(16)10-28-19(34)21-30-29-20(38-21)18(25)26/h9-10,12,14,18,31H,3-8,11H2,1-2H3/t14-/m0/s1. The van der Waals surface area contributed by atoms with Gasteiger partial charge in [-0.05, 0) is 38.7 Å². The monoisotopic (exact) mass is 576 g/mol. The van der Waals surface area contributed by atoms with Gasteiger partial charge in [-0.3, -0.25) is 9.20 Å². The Bertz CT molecular complexity index is 1620. The van der Waals surface area contributed by atoms with E-state index in [0.717, 1.165) is 12.8 Å². The third-order valence-electron chi connectivity index (χ3n) is 7.76. The number of imidazole rings is 1. The molecule has 2 aliphatic carbocycles. The normalized spacial score (nSPS) is 21.8. The Morgan fingerprint density at radius 3 is 2.59 bits per heavy atom. The van der Waals surface area contributed by atoms with Crippen LogP contribution in [0.5, 0.6) is 0 Å². The molecule has 3 aromatic rings. The zero-order valence-electron chi connectivity index (χ0n) is 21.3. The number of nitrogens with one attached hydrogen (secondary N) is 1. The molecule has 1 saturated heterocycles. The SMILES string of the molecule is C[C@H]1CN(c2cc(S(=O)(=O)NC3(C#N)CC3)cn3c(-c4nnc(C(F)F)s4)ncc23)CCN1C(=O)C1(C)CC1. The van der Waals surface area contributed by atoms with E-state index in [2.05, 4.69) is 19.9 Å². The van der Waals surface area contributed by atoms with Crippen molar-refractivity contribution in [1.82, 2.24) is 29.2 Å². The summed E-state index contributed by atoms with van der Waals surface area (Å²) in [5.74, 6) is 0.321. The van der Waals surface area contributed by atoms with Gasteiger partial charge in [0.15, 0.2) is 15.8 Å². The molecule has 206 valence electrons. The predicted octanol–water partition coefficient (Wildman–Crippen LogP) is 2.96. The number of carbonyl (C=O) groups is 1. The van der Waals surface area contributed by atoms with Crippen molar-refractivity contribution in [3.05, 3.63) is 23.5 Å². The number of hydrogen-bond donors (Lipinski definition) is 1. The van der Waals surface area contributed by atoms with E-state index in [4.69, 9.17) is 0 Å². The molecule has 6 rings (SSSR count). The number of carbonyl (C=O) groups excluding carboxylic acids is 1. The number of nitrogens with zero attached hydrogens (tertiary/aromatic N) is 7. The van der Waals surface area contributed by atoms with Crippen LogP contribution in [0.25, 0.3) is 16.3 Å². The average Bonchev–Trinajstić information content (AvgIpc) is 3.71. The number of piperazine rings is 1. The topological polar surface area (TPSA) is 137 Å². The van der Waals surface area contributed by atoms with E-state index in [0.29, 0.717) is 55.0 Å². The molecule has 0 aromatic carbocycles. The van der Waals surface area contributed by atoms with Crippen LogP contribution in [-0.4, -0.2) is 70.0 Å². The Balaban J connectivity index is 1.41. The van der Waals surface area contributed by atoms with Gasteiger partial charge in [0.25, 0.3) is 6.43 Å². The average molecular weight is 577 g/mol. The van der Waals surface area contributed by atoms with Gasteiger partial charge in [-0.2, -0.15) is 9.98 Å². The summed E-state index contributed by atoms with van der Waals surface area (Å²) in [6.45, 7) is 5.35. The molecular weight excluding hydrogens is 550 g/mol. The van der Waals surface area contributed by atoms with Gasteiger partial charge in [0, 0.05) is 37.3 Å². The maximum Gasteiger partial charge on any atom is 0.291 e. The number of alkyl halides is 2. The lowest BCUT2D eigenvalue weighted by molar-refractivity contribution is -0.138. The van der Waals surface area contributed by atoms with Crippen LogP contribution < -0.4 is 9.62 Å². The van der Waals surface area contributed by atoms with Gasteiger partial charge in [-0.15, -0.1) is 10.2 Å². The molecule has 11 nitrogen and oxygen atoms in total. The summed E-state index contributed by atoms with van der Waals surface area (Å²) in [6.07, 6.45) is 2.71. The minimum Gasteiger partial charge on any atom is -0.366 e. The molecule has 15 heteroatoms. The van der Waals surface area contributed by atoms with Crippen LogP contribution in [0.2, 0.25) is 0 Å². The van der Waals surface area contributed by atoms with E-state index in [1.807, 2.05) is 29.7 Å².